The van der Waals surface area contributed by atoms with Crippen molar-refractivity contribution in [3.05, 3.63) is 30.3 Å². The molecule has 0 unspecified atom stereocenters. The van der Waals surface area contributed by atoms with E-state index in [9.17, 15) is 0 Å². The molecule has 1 aromatic rings. The first kappa shape index (κ1) is 9.07. The van der Waals surface area contributed by atoms with E-state index in [2.05, 4.69) is 0 Å². The van der Waals surface area contributed by atoms with E-state index in [-0.39, 0.29) is 68.9 Å². The Labute approximate surface area is 108 Å². The third-order valence-electron chi connectivity index (χ3n) is 0.756. The fourth-order valence-electron chi connectivity index (χ4n) is 0.428. The molecule has 0 spiro atoms. The summed E-state index contributed by atoms with van der Waals surface area (Å²) in [5.74, 6) is 0.322. The molecule has 1 aromatic carbocycles. The number of para-hydroxylation sites is 1. The maximum atomic E-state index is 8.63. The van der Waals surface area contributed by atoms with Gasteiger partial charge < -0.3 is 5.11 Å². The fraction of sp³-hybridized carbons (Fsp3) is 0. The van der Waals surface area contributed by atoms with Crippen LogP contribution in [-0.2, 0) is 0 Å². The van der Waals surface area contributed by atoms with E-state index in [1.165, 1.54) is 0 Å². The minimum absolute atomic E-state index is 0. The third-order valence-corrected chi connectivity index (χ3v) is 0.756. The Morgan fingerprint density at radius 1 is 1.00 bits per heavy atom. The van der Waals surface area contributed by atoms with Gasteiger partial charge in [0.15, 0.2) is 0 Å². The molecule has 0 aromatic heterocycles. The van der Waals surface area contributed by atoms with Gasteiger partial charge >= 0.3 is 68.9 Å². The molecule has 0 radical (unpaired) electrons. The van der Waals surface area contributed by atoms with Crippen molar-refractivity contribution in [2.24, 2.45) is 0 Å². The molecule has 0 atom stereocenters. The fourth-order valence-corrected chi connectivity index (χ4v) is 0.428. The molecule has 1 rings (SSSR count). The molecule has 0 heterocycles. The van der Waals surface area contributed by atoms with Gasteiger partial charge in [-0.1, -0.05) is 18.2 Å². The van der Waals surface area contributed by atoms with Crippen LogP contribution in [0, 0.1) is 0 Å². The summed E-state index contributed by atoms with van der Waals surface area (Å²) in [6.45, 7) is 0. The molecule has 0 saturated carbocycles. The van der Waals surface area contributed by atoms with Crippen LogP contribution in [0.15, 0.2) is 30.3 Å². The van der Waals surface area contributed by atoms with Crippen molar-refractivity contribution >= 4 is 68.9 Å². The summed E-state index contributed by atoms with van der Waals surface area (Å²) < 4.78 is 0. The first-order chi connectivity index (χ1) is 3.39. The third kappa shape index (κ3) is 3.17. The van der Waals surface area contributed by atoms with Crippen molar-refractivity contribution in [1.29, 1.82) is 0 Å². The number of rotatable bonds is 0. The summed E-state index contributed by atoms with van der Waals surface area (Å²) in [5.41, 5.74) is 0. The van der Waals surface area contributed by atoms with Crippen LogP contribution >= 0.6 is 0 Å². The van der Waals surface area contributed by atoms with Gasteiger partial charge in [0.1, 0.15) is 5.75 Å². The van der Waals surface area contributed by atoms with Crippen LogP contribution in [0.3, 0.4) is 0 Å². The van der Waals surface area contributed by atoms with Crippen LogP contribution in [0.2, 0.25) is 0 Å². The van der Waals surface area contributed by atoms with E-state index in [4.69, 9.17) is 5.11 Å². The predicted octanol–water partition coefficient (Wildman–Crippen LogP) is 0.744. The molecule has 1 N–H and O–H groups in total. The summed E-state index contributed by atoms with van der Waals surface area (Å²) in [5, 5.41) is 8.63. The molecule has 0 aliphatic heterocycles. The number of hydrogen-bond donors (Lipinski definition) is 1. The average molecular weight is 228 g/mol. The molecule has 0 bridgehead atoms. The van der Waals surface area contributed by atoms with Crippen LogP contribution in [-0.4, -0.2) is 74.0 Å². The summed E-state index contributed by atoms with van der Waals surface area (Å²) in [6.07, 6.45) is 0. The van der Waals surface area contributed by atoms with Crippen molar-refractivity contribution in [3.8, 4) is 5.75 Å². The summed E-state index contributed by atoms with van der Waals surface area (Å²) >= 11 is 0. The van der Waals surface area contributed by atoms with Gasteiger partial charge in [-0.15, -0.1) is 0 Å². The van der Waals surface area contributed by atoms with E-state index < -0.39 is 0 Å². The van der Waals surface area contributed by atoms with Crippen LogP contribution < -0.4 is 0 Å². The van der Waals surface area contributed by atoms with E-state index in [1.54, 1.807) is 24.3 Å². The summed E-state index contributed by atoms with van der Waals surface area (Å²) in [7, 11) is 0. The molecule has 0 aliphatic rings. The minimum atomic E-state index is 0. The number of phenolic OH excluding ortho intramolecular Hbond substituents is 1. The van der Waals surface area contributed by atoms with E-state index in [0.29, 0.717) is 5.75 Å². The normalized spacial score (nSPS) is 7.50. The van der Waals surface area contributed by atoms with Crippen molar-refractivity contribution < 1.29 is 5.11 Å². The second kappa shape index (κ2) is 4.91. The number of benzene rings is 1. The molecule has 1 nitrogen and oxygen atoms in total. The van der Waals surface area contributed by atoms with Gasteiger partial charge in [0.2, 0.25) is 0 Å². The zero-order valence-corrected chi connectivity index (χ0v) is 3.83. The Balaban J connectivity index is 0.000000490. The van der Waals surface area contributed by atoms with Gasteiger partial charge in [0, 0.05) is 0 Å². The average Bonchev–Trinajstić information content (AvgIpc) is 1.69. The van der Waals surface area contributed by atoms with E-state index in [0.717, 1.165) is 0 Å². The van der Waals surface area contributed by atoms with Crippen LogP contribution in [0.1, 0.15) is 0 Å². The standard InChI is InChI=1S/C6H6O.Cs.H/c7-6-4-2-1-3-5-6;;/h1-5,7H;;. The van der Waals surface area contributed by atoms with E-state index >= 15 is 0 Å². The van der Waals surface area contributed by atoms with Gasteiger partial charge in [-0.25, -0.2) is 0 Å². The Morgan fingerprint density at radius 2 is 1.50 bits per heavy atom. The number of aromatic hydroxyl groups is 1. The number of hydrogen-bond acceptors (Lipinski definition) is 1. The molecule has 2 heteroatoms. The second-order valence-corrected chi connectivity index (χ2v) is 1.34. The molecule has 38 valence electrons. The predicted molar refractivity (Wildman–Crippen MR) is 35.3 cm³/mol. The Morgan fingerprint density at radius 3 is 1.75 bits per heavy atom. The summed E-state index contributed by atoms with van der Waals surface area (Å²) in [4.78, 5) is 0. The van der Waals surface area contributed by atoms with E-state index in [1.807, 2.05) is 6.07 Å². The molecular formula is C6H7CsO. The first-order valence-corrected chi connectivity index (χ1v) is 2.13. The zero-order valence-electron chi connectivity index (χ0n) is 3.83. The monoisotopic (exact) mass is 228 g/mol. The Hall–Kier alpha value is 1.07. The molecular weight excluding hydrogens is 221 g/mol. The number of phenols is 1. The second-order valence-electron chi connectivity index (χ2n) is 1.34. The van der Waals surface area contributed by atoms with Gasteiger partial charge in [0.25, 0.3) is 0 Å². The zero-order chi connectivity index (χ0) is 5.11. The Bertz CT molecular complexity index is 138. The topological polar surface area (TPSA) is 20.2 Å². The Kier molecular flexibility index (Phi) is 5.56. The molecule has 0 saturated heterocycles. The van der Waals surface area contributed by atoms with Gasteiger partial charge in [0.05, 0.1) is 0 Å². The quantitative estimate of drug-likeness (QED) is 0.694. The van der Waals surface area contributed by atoms with Gasteiger partial charge in [-0.05, 0) is 12.1 Å². The van der Waals surface area contributed by atoms with Crippen molar-refractivity contribution in [1.82, 2.24) is 0 Å². The summed E-state index contributed by atoms with van der Waals surface area (Å²) in [6, 6.07) is 8.71. The van der Waals surface area contributed by atoms with Gasteiger partial charge in [-0.2, -0.15) is 0 Å². The van der Waals surface area contributed by atoms with Crippen molar-refractivity contribution in [2.45, 2.75) is 0 Å². The van der Waals surface area contributed by atoms with Crippen LogP contribution in [0.5, 0.6) is 5.75 Å². The SMILES string of the molecule is Oc1ccccc1.[CsH]. The first-order valence-electron chi connectivity index (χ1n) is 2.13. The molecule has 8 heavy (non-hydrogen) atoms. The van der Waals surface area contributed by atoms with Crippen molar-refractivity contribution in [2.75, 3.05) is 0 Å². The molecule has 0 aliphatic carbocycles. The van der Waals surface area contributed by atoms with Crippen molar-refractivity contribution in [3.63, 3.8) is 0 Å². The van der Waals surface area contributed by atoms with Crippen LogP contribution in [0.25, 0.3) is 0 Å². The van der Waals surface area contributed by atoms with Gasteiger partial charge in [-0.3, -0.25) is 0 Å². The molecule has 0 amide bonds. The molecule has 0 fully saturated rings. The van der Waals surface area contributed by atoms with Crippen LogP contribution in [0.4, 0.5) is 0 Å². The maximum absolute atomic E-state index is 8.63.